The van der Waals surface area contributed by atoms with E-state index >= 15 is 0 Å². The molecule has 0 spiro atoms. The molecule has 0 N–H and O–H groups in total. The minimum absolute atomic E-state index is 0.935. The molecule has 0 atom stereocenters. The smallest absolute Gasteiger partial charge is 0.0646 e. The van der Waals surface area contributed by atoms with Crippen LogP contribution in [0.2, 0.25) is 0 Å². The van der Waals surface area contributed by atoms with Crippen LogP contribution >= 0.6 is 0 Å². The van der Waals surface area contributed by atoms with Gasteiger partial charge in [0.05, 0.1) is 5.71 Å². The molecule has 2 heterocycles. The normalized spacial score (nSPS) is 18.8. The van der Waals surface area contributed by atoms with E-state index in [0.717, 1.165) is 25.2 Å². The Balaban J connectivity index is 2.00. The summed E-state index contributed by atoms with van der Waals surface area (Å²) in [7, 11) is 2.17. The van der Waals surface area contributed by atoms with E-state index in [4.69, 9.17) is 0 Å². The number of fused-ring (bicyclic) bond motifs is 1. The minimum atomic E-state index is 0.935. The highest BCUT2D eigenvalue weighted by molar-refractivity contribution is 6.10. The molecule has 0 aliphatic carbocycles. The van der Waals surface area contributed by atoms with Gasteiger partial charge in [0.2, 0.25) is 0 Å². The van der Waals surface area contributed by atoms with Crippen molar-refractivity contribution in [3.05, 3.63) is 41.0 Å². The maximum atomic E-state index is 4.62. The first kappa shape index (κ1) is 10.6. The maximum absolute atomic E-state index is 4.62. The van der Waals surface area contributed by atoms with E-state index in [1.807, 2.05) is 0 Å². The third-order valence-electron chi connectivity index (χ3n) is 3.68. The fourth-order valence-corrected chi connectivity index (χ4v) is 2.58. The molecule has 0 fully saturated rings. The van der Waals surface area contributed by atoms with E-state index in [1.165, 1.54) is 28.8 Å². The highest BCUT2D eigenvalue weighted by Gasteiger charge is 2.17. The van der Waals surface area contributed by atoms with Crippen molar-refractivity contribution >= 4 is 11.4 Å². The summed E-state index contributed by atoms with van der Waals surface area (Å²) in [5.74, 6) is 0. The first-order valence-electron chi connectivity index (χ1n) is 6.30. The molecule has 2 nitrogen and oxygen atoms in total. The summed E-state index contributed by atoms with van der Waals surface area (Å²) < 4.78 is 0. The Morgan fingerprint density at radius 2 is 2.12 bits per heavy atom. The zero-order chi connectivity index (χ0) is 11.8. The first-order valence-corrected chi connectivity index (χ1v) is 6.30. The molecule has 1 aromatic carbocycles. The Hall–Kier alpha value is -1.57. The largest absolute Gasteiger partial charge is 0.374 e. The molecule has 0 amide bonds. The van der Waals surface area contributed by atoms with Crippen LogP contribution in [0.3, 0.4) is 0 Å². The third-order valence-corrected chi connectivity index (χ3v) is 3.68. The molecule has 3 rings (SSSR count). The van der Waals surface area contributed by atoms with Crippen molar-refractivity contribution in [2.24, 2.45) is 4.99 Å². The number of allylic oxidation sites excluding steroid dienone is 1. The lowest BCUT2D eigenvalue weighted by Crippen LogP contribution is -2.13. The van der Waals surface area contributed by atoms with Crippen molar-refractivity contribution in [3.63, 3.8) is 0 Å². The molecule has 2 aliphatic rings. The Kier molecular flexibility index (Phi) is 2.50. The van der Waals surface area contributed by atoms with Gasteiger partial charge in [-0.2, -0.15) is 0 Å². The van der Waals surface area contributed by atoms with E-state index in [0.29, 0.717) is 0 Å². The summed E-state index contributed by atoms with van der Waals surface area (Å²) in [4.78, 5) is 6.95. The summed E-state index contributed by atoms with van der Waals surface area (Å²) >= 11 is 0. The van der Waals surface area contributed by atoms with Crippen molar-refractivity contribution in [2.75, 3.05) is 25.0 Å². The van der Waals surface area contributed by atoms with Gasteiger partial charge in [0.25, 0.3) is 0 Å². The number of likely N-dealkylation sites (N-methyl/N-ethyl adjacent to an activating group) is 1. The highest BCUT2D eigenvalue weighted by Crippen LogP contribution is 2.28. The average molecular weight is 226 g/mol. The van der Waals surface area contributed by atoms with Gasteiger partial charge in [-0.1, -0.05) is 17.7 Å². The van der Waals surface area contributed by atoms with E-state index in [9.17, 15) is 0 Å². The quantitative estimate of drug-likeness (QED) is 0.719. The number of nitrogens with zero attached hydrogens (tertiary/aromatic N) is 2. The van der Waals surface area contributed by atoms with Gasteiger partial charge in [-0.15, -0.1) is 0 Å². The zero-order valence-electron chi connectivity index (χ0n) is 10.5. The fraction of sp³-hybridized carbons (Fsp3) is 0.400. The molecular formula is C15H18N2. The van der Waals surface area contributed by atoms with E-state index in [1.54, 1.807) is 0 Å². The second kappa shape index (κ2) is 4.02. The number of benzene rings is 1. The fourth-order valence-electron chi connectivity index (χ4n) is 2.58. The number of anilines is 1. The lowest BCUT2D eigenvalue weighted by atomic mass is 10.0. The predicted molar refractivity (Wildman–Crippen MR) is 73.2 cm³/mol. The van der Waals surface area contributed by atoms with Crippen LogP contribution in [0, 0.1) is 0 Å². The Morgan fingerprint density at radius 1 is 1.24 bits per heavy atom. The Bertz CT molecular complexity index is 512. The first-order chi connectivity index (χ1) is 8.24. The van der Waals surface area contributed by atoms with Gasteiger partial charge in [0, 0.05) is 31.4 Å². The molecule has 0 saturated carbocycles. The molecule has 0 radical (unpaired) electrons. The van der Waals surface area contributed by atoms with Crippen LogP contribution in [0.5, 0.6) is 0 Å². The van der Waals surface area contributed by atoms with Gasteiger partial charge in [-0.25, -0.2) is 0 Å². The van der Waals surface area contributed by atoms with E-state index in [-0.39, 0.29) is 0 Å². The Morgan fingerprint density at radius 3 is 2.94 bits per heavy atom. The van der Waals surface area contributed by atoms with Crippen LogP contribution in [-0.4, -0.2) is 25.8 Å². The average Bonchev–Trinajstić information content (AvgIpc) is 2.71. The van der Waals surface area contributed by atoms with E-state index < -0.39 is 0 Å². The number of aliphatic imine (C=N–C) groups is 1. The van der Waals surface area contributed by atoms with Gasteiger partial charge >= 0.3 is 0 Å². The molecule has 88 valence electrons. The van der Waals surface area contributed by atoms with Crippen LogP contribution in [0.1, 0.15) is 24.5 Å². The lowest BCUT2D eigenvalue weighted by molar-refractivity contribution is 0.936. The van der Waals surface area contributed by atoms with Crippen molar-refractivity contribution in [2.45, 2.75) is 19.8 Å². The molecule has 1 aromatic rings. The van der Waals surface area contributed by atoms with Crippen molar-refractivity contribution < 1.29 is 0 Å². The second-order valence-corrected chi connectivity index (χ2v) is 5.02. The SMILES string of the molecule is CC1=CC(c2ccc3c(c2)N(C)CC3)=NCC1. The molecule has 0 bridgehead atoms. The minimum Gasteiger partial charge on any atom is -0.374 e. The van der Waals surface area contributed by atoms with Crippen LogP contribution in [-0.2, 0) is 6.42 Å². The predicted octanol–water partition coefficient (Wildman–Crippen LogP) is 2.82. The summed E-state index contributed by atoms with van der Waals surface area (Å²) in [6.45, 7) is 4.26. The number of hydrogen-bond acceptors (Lipinski definition) is 2. The van der Waals surface area contributed by atoms with Crippen LogP contribution in [0.25, 0.3) is 0 Å². The van der Waals surface area contributed by atoms with Crippen molar-refractivity contribution in [1.29, 1.82) is 0 Å². The van der Waals surface area contributed by atoms with Crippen molar-refractivity contribution in [1.82, 2.24) is 0 Å². The summed E-state index contributed by atoms with van der Waals surface area (Å²) in [6, 6.07) is 6.76. The number of rotatable bonds is 1. The highest BCUT2D eigenvalue weighted by atomic mass is 15.1. The van der Waals surface area contributed by atoms with E-state index in [2.05, 4.69) is 48.1 Å². The maximum Gasteiger partial charge on any atom is 0.0646 e. The van der Waals surface area contributed by atoms with Crippen LogP contribution < -0.4 is 4.90 Å². The standard InChI is InChI=1S/C15H18N2/c1-11-5-7-16-14(9-11)13-4-3-12-6-8-17(2)15(12)10-13/h3-4,9-10H,5-8H2,1-2H3. The van der Waals surface area contributed by atoms with Crippen LogP contribution in [0.15, 0.2) is 34.8 Å². The van der Waals surface area contributed by atoms with Gasteiger partial charge in [-0.3, -0.25) is 4.99 Å². The number of dihydropyridines is 1. The second-order valence-electron chi connectivity index (χ2n) is 5.02. The van der Waals surface area contributed by atoms with Crippen LogP contribution in [0.4, 0.5) is 5.69 Å². The van der Waals surface area contributed by atoms with Gasteiger partial charge in [0.1, 0.15) is 0 Å². The monoisotopic (exact) mass is 226 g/mol. The zero-order valence-corrected chi connectivity index (χ0v) is 10.5. The topological polar surface area (TPSA) is 15.6 Å². The van der Waals surface area contributed by atoms with Crippen molar-refractivity contribution in [3.8, 4) is 0 Å². The molecule has 0 aromatic heterocycles. The lowest BCUT2D eigenvalue weighted by Gasteiger charge is -2.15. The van der Waals surface area contributed by atoms with Gasteiger partial charge in [0.15, 0.2) is 0 Å². The summed E-state index contributed by atoms with van der Waals surface area (Å²) in [5.41, 5.74) is 6.69. The van der Waals surface area contributed by atoms with Gasteiger partial charge < -0.3 is 4.90 Å². The molecular weight excluding hydrogens is 208 g/mol. The molecule has 17 heavy (non-hydrogen) atoms. The summed E-state index contributed by atoms with van der Waals surface area (Å²) in [6.07, 6.45) is 4.50. The molecule has 0 saturated heterocycles. The molecule has 2 heteroatoms. The molecule has 0 unspecified atom stereocenters. The summed E-state index contributed by atoms with van der Waals surface area (Å²) in [5, 5.41) is 0. The number of hydrogen-bond donors (Lipinski definition) is 0. The molecule has 2 aliphatic heterocycles. The van der Waals surface area contributed by atoms with Gasteiger partial charge in [-0.05, 0) is 37.5 Å². The Labute approximate surface area is 103 Å². The third kappa shape index (κ3) is 1.88.